The lowest BCUT2D eigenvalue weighted by molar-refractivity contribution is -0.111. The van der Waals surface area contributed by atoms with Gasteiger partial charge in [-0.1, -0.05) is 0 Å². The minimum Gasteiger partial charge on any atom is -0.493 e. The number of aryl methyl sites for hydroxylation is 2. The standard InChI is InChI=1S/C27H27N5O5/c1-17-14-18(2)32(31-17)24-11-13-26(30-29-24)37-21-9-7-20(8-10-21)28-25(33)12-6-19-15-22(34-3)27(36-5)23(16-19)35-4/h6-16H,1-5H3,(H,28,33)/b12-6+. The summed E-state index contributed by atoms with van der Waals surface area (Å²) in [5.74, 6) is 2.70. The lowest BCUT2D eigenvalue weighted by Crippen LogP contribution is -2.07. The van der Waals surface area contributed by atoms with Crippen LogP contribution in [0.5, 0.6) is 28.9 Å². The van der Waals surface area contributed by atoms with Crippen LogP contribution in [0.4, 0.5) is 5.69 Å². The summed E-state index contributed by atoms with van der Waals surface area (Å²) >= 11 is 0. The fraction of sp³-hybridized carbons (Fsp3) is 0.185. The van der Waals surface area contributed by atoms with Gasteiger partial charge in [-0.3, -0.25) is 4.79 Å². The van der Waals surface area contributed by atoms with Crippen LogP contribution in [-0.4, -0.2) is 47.2 Å². The van der Waals surface area contributed by atoms with Gasteiger partial charge in [-0.2, -0.15) is 5.10 Å². The van der Waals surface area contributed by atoms with E-state index in [9.17, 15) is 4.79 Å². The Morgan fingerprint density at radius 1 is 0.892 bits per heavy atom. The molecule has 0 unspecified atom stereocenters. The fourth-order valence-corrected chi connectivity index (χ4v) is 3.62. The molecule has 0 aliphatic heterocycles. The molecule has 4 aromatic rings. The molecule has 37 heavy (non-hydrogen) atoms. The number of anilines is 1. The van der Waals surface area contributed by atoms with Crippen LogP contribution in [0, 0.1) is 13.8 Å². The lowest BCUT2D eigenvalue weighted by atomic mass is 10.1. The lowest BCUT2D eigenvalue weighted by Gasteiger charge is -2.12. The number of amides is 1. The number of aromatic nitrogens is 4. The second-order valence-corrected chi connectivity index (χ2v) is 7.98. The van der Waals surface area contributed by atoms with Crippen molar-refractivity contribution in [1.29, 1.82) is 0 Å². The van der Waals surface area contributed by atoms with E-state index < -0.39 is 0 Å². The maximum Gasteiger partial charge on any atom is 0.248 e. The zero-order chi connectivity index (χ0) is 26.4. The number of benzene rings is 2. The number of ether oxygens (including phenoxy) is 4. The molecule has 10 heteroatoms. The van der Waals surface area contributed by atoms with Crippen molar-refractivity contribution in [2.24, 2.45) is 0 Å². The van der Waals surface area contributed by atoms with Gasteiger partial charge >= 0.3 is 0 Å². The molecule has 0 fully saturated rings. The van der Waals surface area contributed by atoms with E-state index in [2.05, 4.69) is 20.6 Å². The van der Waals surface area contributed by atoms with E-state index in [1.807, 2.05) is 19.9 Å². The van der Waals surface area contributed by atoms with Gasteiger partial charge in [-0.15, -0.1) is 10.2 Å². The van der Waals surface area contributed by atoms with Gasteiger partial charge in [0.05, 0.1) is 27.0 Å². The third kappa shape index (κ3) is 6.04. The Morgan fingerprint density at radius 3 is 2.14 bits per heavy atom. The third-order valence-electron chi connectivity index (χ3n) is 5.31. The van der Waals surface area contributed by atoms with E-state index >= 15 is 0 Å². The van der Waals surface area contributed by atoms with E-state index in [0.717, 1.165) is 17.0 Å². The average Bonchev–Trinajstić information content (AvgIpc) is 3.25. The molecule has 10 nitrogen and oxygen atoms in total. The number of rotatable bonds is 9. The Labute approximate surface area is 214 Å². The average molecular weight is 502 g/mol. The van der Waals surface area contributed by atoms with Crippen LogP contribution < -0.4 is 24.3 Å². The summed E-state index contributed by atoms with van der Waals surface area (Å²) in [5, 5.41) is 15.5. The number of carbonyl (C=O) groups is 1. The smallest absolute Gasteiger partial charge is 0.248 e. The topological polar surface area (TPSA) is 110 Å². The Morgan fingerprint density at radius 2 is 1.59 bits per heavy atom. The number of hydrogen-bond donors (Lipinski definition) is 1. The van der Waals surface area contributed by atoms with E-state index in [-0.39, 0.29) is 5.91 Å². The van der Waals surface area contributed by atoms with Gasteiger partial charge in [0.25, 0.3) is 0 Å². The monoisotopic (exact) mass is 501 g/mol. The number of nitrogens with zero attached hydrogens (tertiary/aromatic N) is 4. The molecule has 0 saturated heterocycles. The largest absolute Gasteiger partial charge is 0.493 e. The van der Waals surface area contributed by atoms with Crippen molar-refractivity contribution >= 4 is 17.7 Å². The molecule has 0 saturated carbocycles. The van der Waals surface area contributed by atoms with Crippen LogP contribution >= 0.6 is 0 Å². The molecule has 0 atom stereocenters. The maximum absolute atomic E-state index is 12.4. The summed E-state index contributed by atoms with van der Waals surface area (Å²) in [6.45, 7) is 3.88. The third-order valence-corrected chi connectivity index (χ3v) is 5.31. The fourth-order valence-electron chi connectivity index (χ4n) is 3.62. The second kappa shape index (κ2) is 11.3. The molecular weight excluding hydrogens is 474 g/mol. The van der Waals surface area contributed by atoms with Gasteiger partial charge in [-0.25, -0.2) is 4.68 Å². The van der Waals surface area contributed by atoms with Crippen LogP contribution in [0.15, 0.2) is 60.7 Å². The van der Waals surface area contributed by atoms with Gasteiger partial charge < -0.3 is 24.3 Å². The predicted octanol–water partition coefficient (Wildman–Crippen LogP) is 4.75. The van der Waals surface area contributed by atoms with Crippen LogP contribution in [-0.2, 0) is 4.79 Å². The van der Waals surface area contributed by atoms with Crippen molar-refractivity contribution in [3.63, 3.8) is 0 Å². The number of nitrogens with one attached hydrogen (secondary N) is 1. The Kier molecular flexibility index (Phi) is 7.68. The molecule has 0 radical (unpaired) electrons. The van der Waals surface area contributed by atoms with Gasteiger partial charge in [0.2, 0.25) is 17.5 Å². The summed E-state index contributed by atoms with van der Waals surface area (Å²) in [6.07, 6.45) is 3.08. The summed E-state index contributed by atoms with van der Waals surface area (Å²) < 4.78 is 23.5. The highest BCUT2D eigenvalue weighted by molar-refractivity contribution is 6.02. The van der Waals surface area contributed by atoms with Crippen molar-refractivity contribution in [2.75, 3.05) is 26.6 Å². The summed E-state index contributed by atoms with van der Waals surface area (Å²) in [6, 6.07) is 15.9. The van der Waals surface area contributed by atoms with Crippen LogP contribution in [0.2, 0.25) is 0 Å². The van der Waals surface area contributed by atoms with Gasteiger partial charge in [0.1, 0.15) is 5.75 Å². The normalized spacial score (nSPS) is 10.8. The summed E-state index contributed by atoms with van der Waals surface area (Å²) in [7, 11) is 4.61. The van der Waals surface area contributed by atoms with E-state index in [1.165, 1.54) is 27.4 Å². The molecule has 4 rings (SSSR count). The maximum atomic E-state index is 12.4. The summed E-state index contributed by atoms with van der Waals surface area (Å²) in [4.78, 5) is 12.4. The van der Waals surface area contributed by atoms with Gasteiger partial charge in [0, 0.05) is 23.5 Å². The Bertz CT molecular complexity index is 1390. The zero-order valence-corrected chi connectivity index (χ0v) is 21.2. The molecule has 190 valence electrons. The van der Waals surface area contributed by atoms with Gasteiger partial charge in [-0.05, 0) is 74.0 Å². The van der Waals surface area contributed by atoms with Crippen LogP contribution in [0.3, 0.4) is 0 Å². The molecule has 2 aromatic heterocycles. The van der Waals surface area contributed by atoms with Crippen molar-refractivity contribution in [1.82, 2.24) is 20.0 Å². The van der Waals surface area contributed by atoms with Crippen molar-refractivity contribution < 1.29 is 23.7 Å². The minimum atomic E-state index is -0.298. The highest BCUT2D eigenvalue weighted by atomic mass is 16.5. The number of carbonyl (C=O) groups excluding carboxylic acids is 1. The quantitative estimate of drug-likeness (QED) is 0.327. The van der Waals surface area contributed by atoms with Crippen molar-refractivity contribution in [3.8, 4) is 34.7 Å². The van der Waals surface area contributed by atoms with Crippen LogP contribution in [0.25, 0.3) is 11.9 Å². The molecular formula is C27H27N5O5. The molecule has 0 bridgehead atoms. The first-order valence-corrected chi connectivity index (χ1v) is 11.3. The minimum absolute atomic E-state index is 0.298. The molecule has 2 aromatic carbocycles. The van der Waals surface area contributed by atoms with E-state index in [4.69, 9.17) is 18.9 Å². The number of methoxy groups -OCH3 is 3. The van der Waals surface area contributed by atoms with E-state index in [1.54, 1.807) is 59.3 Å². The SMILES string of the molecule is COc1cc(/C=C/C(=O)Nc2ccc(Oc3ccc(-n4nc(C)cc4C)nn3)cc2)cc(OC)c1OC. The number of hydrogen-bond acceptors (Lipinski definition) is 8. The van der Waals surface area contributed by atoms with Crippen LogP contribution in [0.1, 0.15) is 17.0 Å². The van der Waals surface area contributed by atoms with Gasteiger partial charge in [0.15, 0.2) is 17.3 Å². The second-order valence-electron chi connectivity index (χ2n) is 7.98. The Balaban J connectivity index is 1.37. The molecule has 2 heterocycles. The highest BCUT2D eigenvalue weighted by Crippen LogP contribution is 2.38. The first-order valence-electron chi connectivity index (χ1n) is 11.3. The van der Waals surface area contributed by atoms with Crippen molar-refractivity contribution in [2.45, 2.75) is 13.8 Å². The van der Waals surface area contributed by atoms with E-state index in [0.29, 0.717) is 40.4 Å². The molecule has 0 aliphatic carbocycles. The first-order chi connectivity index (χ1) is 17.9. The molecule has 1 N–H and O–H groups in total. The summed E-state index contributed by atoms with van der Waals surface area (Å²) in [5.41, 5.74) is 3.20. The molecule has 0 spiro atoms. The van der Waals surface area contributed by atoms with Crippen molar-refractivity contribution in [3.05, 3.63) is 77.6 Å². The Hall–Kier alpha value is -4.86. The molecule has 1 amide bonds. The first kappa shape index (κ1) is 25.2. The zero-order valence-electron chi connectivity index (χ0n) is 21.2. The highest BCUT2D eigenvalue weighted by Gasteiger charge is 2.12. The predicted molar refractivity (Wildman–Crippen MR) is 139 cm³/mol. The molecule has 0 aliphatic rings.